The Morgan fingerprint density at radius 3 is 2.26 bits per heavy atom. The Bertz CT molecular complexity index is 881. The number of imide groups is 1. The Kier molecular flexibility index (Phi) is 4.84. The fourth-order valence-corrected chi connectivity index (χ4v) is 5.91. The molecule has 0 aliphatic carbocycles. The van der Waals surface area contributed by atoms with E-state index in [4.69, 9.17) is 0 Å². The number of carbonyl (C=O) groups excluding carboxylic acids is 2. The number of piperidine rings is 1. The molecule has 2 saturated heterocycles. The van der Waals surface area contributed by atoms with Gasteiger partial charge in [-0.3, -0.25) is 14.8 Å². The standard InChI is InChI=1S/C17H27N5O4S/c1-11(2)10-22-16(24)18-15(23)17(22)6-8-21(9-7-17)27(25,26)14-12(3)19-20(5)13(14)4/h11H,6-10H2,1-5H3,(H,18,23,24). The molecule has 1 N–H and O–H groups in total. The monoisotopic (exact) mass is 397 g/mol. The average Bonchev–Trinajstić information content (AvgIpc) is 2.95. The number of nitrogens with one attached hydrogen (secondary N) is 1. The molecule has 0 bridgehead atoms. The number of aromatic nitrogens is 2. The van der Waals surface area contributed by atoms with Gasteiger partial charge in [-0.2, -0.15) is 9.40 Å². The summed E-state index contributed by atoms with van der Waals surface area (Å²) in [5, 5.41) is 6.61. The third kappa shape index (κ3) is 3.04. The van der Waals surface area contributed by atoms with Crippen LogP contribution in [-0.4, -0.2) is 64.5 Å². The predicted molar refractivity (Wildman–Crippen MR) is 98.5 cm³/mol. The quantitative estimate of drug-likeness (QED) is 0.756. The van der Waals surface area contributed by atoms with Crippen molar-refractivity contribution in [1.82, 2.24) is 24.3 Å². The van der Waals surface area contributed by atoms with E-state index in [-0.39, 0.29) is 48.7 Å². The molecule has 0 aromatic carbocycles. The molecular formula is C17H27N5O4S. The number of rotatable bonds is 4. The van der Waals surface area contributed by atoms with Crippen molar-refractivity contribution in [2.24, 2.45) is 13.0 Å². The van der Waals surface area contributed by atoms with Gasteiger partial charge in [0.2, 0.25) is 10.0 Å². The number of nitrogens with zero attached hydrogens (tertiary/aromatic N) is 4. The molecule has 0 saturated carbocycles. The van der Waals surface area contributed by atoms with E-state index in [1.807, 2.05) is 13.8 Å². The van der Waals surface area contributed by atoms with Crippen LogP contribution in [0.15, 0.2) is 4.90 Å². The van der Waals surface area contributed by atoms with Gasteiger partial charge in [-0.05, 0) is 32.6 Å². The summed E-state index contributed by atoms with van der Waals surface area (Å²) in [4.78, 5) is 26.6. The number of hydrogen-bond acceptors (Lipinski definition) is 5. The van der Waals surface area contributed by atoms with Crippen LogP contribution in [0, 0.1) is 19.8 Å². The Morgan fingerprint density at radius 1 is 1.19 bits per heavy atom. The Labute approximate surface area is 159 Å². The summed E-state index contributed by atoms with van der Waals surface area (Å²) in [5.41, 5.74) is 0.0976. The number of aryl methyl sites for hydroxylation is 2. The van der Waals surface area contributed by atoms with Crippen molar-refractivity contribution in [3.8, 4) is 0 Å². The summed E-state index contributed by atoms with van der Waals surface area (Å²) in [5.74, 6) is -0.111. The van der Waals surface area contributed by atoms with Gasteiger partial charge in [0.25, 0.3) is 5.91 Å². The fourth-order valence-electron chi connectivity index (χ4n) is 4.07. The summed E-state index contributed by atoms with van der Waals surface area (Å²) in [6.45, 7) is 8.21. The molecule has 1 aromatic heterocycles. The molecule has 3 amide bonds. The van der Waals surface area contributed by atoms with Crippen molar-refractivity contribution in [2.75, 3.05) is 19.6 Å². The first-order valence-corrected chi connectivity index (χ1v) is 10.6. The lowest BCUT2D eigenvalue weighted by atomic mass is 9.86. The summed E-state index contributed by atoms with van der Waals surface area (Å²) >= 11 is 0. The van der Waals surface area contributed by atoms with Crippen molar-refractivity contribution in [3.63, 3.8) is 0 Å². The maximum absolute atomic E-state index is 13.1. The summed E-state index contributed by atoms with van der Waals surface area (Å²) < 4.78 is 29.2. The van der Waals surface area contributed by atoms with E-state index in [9.17, 15) is 18.0 Å². The molecule has 3 heterocycles. The summed E-state index contributed by atoms with van der Waals surface area (Å²) in [6, 6.07) is -0.385. The SMILES string of the molecule is Cc1nn(C)c(C)c1S(=O)(=O)N1CCC2(CC1)C(=O)NC(=O)N2CC(C)C. The molecule has 2 aliphatic rings. The van der Waals surface area contributed by atoms with E-state index >= 15 is 0 Å². The molecule has 1 spiro atoms. The van der Waals surface area contributed by atoms with E-state index in [1.165, 1.54) is 4.31 Å². The van der Waals surface area contributed by atoms with E-state index in [1.54, 1.807) is 30.5 Å². The van der Waals surface area contributed by atoms with Gasteiger partial charge in [-0.25, -0.2) is 13.2 Å². The maximum Gasteiger partial charge on any atom is 0.325 e. The summed E-state index contributed by atoms with van der Waals surface area (Å²) in [7, 11) is -1.99. The molecule has 9 nitrogen and oxygen atoms in total. The first-order chi connectivity index (χ1) is 12.5. The molecule has 0 atom stereocenters. The third-order valence-corrected chi connectivity index (χ3v) is 7.69. The van der Waals surface area contributed by atoms with E-state index in [0.29, 0.717) is 17.9 Å². The van der Waals surface area contributed by atoms with E-state index in [0.717, 1.165) is 0 Å². The number of urea groups is 1. The molecule has 2 fully saturated rings. The van der Waals surface area contributed by atoms with Gasteiger partial charge in [0.05, 0.1) is 11.4 Å². The van der Waals surface area contributed by atoms with Crippen molar-refractivity contribution in [3.05, 3.63) is 11.4 Å². The summed E-state index contributed by atoms with van der Waals surface area (Å²) in [6.07, 6.45) is 0.573. The highest BCUT2D eigenvalue weighted by Crippen LogP contribution is 2.36. The highest BCUT2D eigenvalue weighted by atomic mass is 32.2. The van der Waals surface area contributed by atoms with Gasteiger partial charge in [0.1, 0.15) is 10.4 Å². The van der Waals surface area contributed by atoms with Gasteiger partial charge in [0.15, 0.2) is 0 Å². The normalized spacial score (nSPS) is 20.7. The molecule has 10 heteroatoms. The number of sulfonamides is 1. The molecule has 0 unspecified atom stereocenters. The van der Waals surface area contributed by atoms with Crippen LogP contribution in [0.4, 0.5) is 4.79 Å². The number of carbonyl (C=O) groups is 2. The maximum atomic E-state index is 13.1. The number of hydrogen-bond donors (Lipinski definition) is 1. The zero-order chi connectivity index (χ0) is 20.1. The lowest BCUT2D eigenvalue weighted by Gasteiger charge is -2.42. The fraction of sp³-hybridized carbons (Fsp3) is 0.706. The predicted octanol–water partition coefficient (Wildman–Crippen LogP) is 0.768. The Hall–Kier alpha value is -1.94. The van der Waals surface area contributed by atoms with Crippen molar-refractivity contribution < 1.29 is 18.0 Å². The zero-order valence-electron chi connectivity index (χ0n) is 16.4. The van der Waals surface area contributed by atoms with Gasteiger partial charge in [-0.1, -0.05) is 13.8 Å². The molecule has 1 aromatic rings. The van der Waals surface area contributed by atoms with Gasteiger partial charge in [-0.15, -0.1) is 0 Å². The minimum absolute atomic E-state index is 0.186. The topological polar surface area (TPSA) is 105 Å². The van der Waals surface area contributed by atoms with Gasteiger partial charge < -0.3 is 4.90 Å². The average molecular weight is 398 g/mol. The zero-order valence-corrected chi connectivity index (χ0v) is 17.3. The van der Waals surface area contributed by atoms with E-state index in [2.05, 4.69) is 10.4 Å². The number of amides is 3. The lowest BCUT2D eigenvalue weighted by molar-refractivity contribution is -0.128. The molecule has 2 aliphatic heterocycles. The second-order valence-corrected chi connectivity index (χ2v) is 9.70. The molecule has 150 valence electrons. The minimum atomic E-state index is -3.71. The molecule has 0 radical (unpaired) electrons. The highest BCUT2D eigenvalue weighted by Gasteiger charge is 2.55. The van der Waals surface area contributed by atoms with Crippen LogP contribution in [0.5, 0.6) is 0 Å². The lowest BCUT2D eigenvalue weighted by Crippen LogP contribution is -2.57. The second-order valence-electron chi connectivity index (χ2n) is 7.82. The van der Waals surface area contributed by atoms with Crippen LogP contribution < -0.4 is 5.32 Å². The largest absolute Gasteiger partial charge is 0.325 e. The first-order valence-electron chi connectivity index (χ1n) is 9.14. The van der Waals surface area contributed by atoms with Crippen LogP contribution in [0.25, 0.3) is 0 Å². The van der Waals surface area contributed by atoms with Crippen molar-refractivity contribution in [2.45, 2.75) is 51.0 Å². The third-order valence-electron chi connectivity index (χ3n) is 5.54. The van der Waals surface area contributed by atoms with Crippen molar-refractivity contribution >= 4 is 22.0 Å². The van der Waals surface area contributed by atoms with Crippen LogP contribution in [0.3, 0.4) is 0 Å². The van der Waals surface area contributed by atoms with E-state index < -0.39 is 15.6 Å². The molecule has 27 heavy (non-hydrogen) atoms. The Morgan fingerprint density at radius 2 is 1.78 bits per heavy atom. The Balaban J connectivity index is 1.86. The van der Waals surface area contributed by atoms with Crippen LogP contribution >= 0.6 is 0 Å². The minimum Gasteiger partial charge on any atom is -0.309 e. The van der Waals surface area contributed by atoms with Crippen molar-refractivity contribution in [1.29, 1.82) is 0 Å². The van der Waals surface area contributed by atoms with Crippen LogP contribution in [0.1, 0.15) is 38.1 Å². The van der Waals surface area contributed by atoms with Gasteiger partial charge in [0, 0.05) is 26.7 Å². The van der Waals surface area contributed by atoms with Crippen LogP contribution in [0.2, 0.25) is 0 Å². The van der Waals surface area contributed by atoms with Crippen LogP contribution in [-0.2, 0) is 21.9 Å². The first kappa shape index (κ1) is 19.8. The second kappa shape index (κ2) is 6.59. The smallest absolute Gasteiger partial charge is 0.309 e. The molecule has 3 rings (SSSR count). The highest BCUT2D eigenvalue weighted by molar-refractivity contribution is 7.89. The van der Waals surface area contributed by atoms with Gasteiger partial charge >= 0.3 is 6.03 Å². The molecular weight excluding hydrogens is 370 g/mol.